The molecule has 7 rings (SSSR count). The highest BCUT2D eigenvalue weighted by molar-refractivity contribution is 9.10. The van der Waals surface area contributed by atoms with E-state index >= 15 is 0 Å². The average molecular weight is 703 g/mol. The molecule has 0 fully saturated rings. The molecule has 0 aliphatic carbocycles. The molecule has 6 aromatic carbocycles. The molecule has 1 heterocycles. The minimum absolute atomic E-state index is 0.0817. The van der Waals surface area contributed by atoms with Crippen molar-refractivity contribution in [2.24, 2.45) is 0 Å². The molecule has 44 heavy (non-hydrogen) atoms. The van der Waals surface area contributed by atoms with Gasteiger partial charge in [-0.25, -0.2) is 9.97 Å². The van der Waals surface area contributed by atoms with Gasteiger partial charge < -0.3 is 0 Å². The fraction of sp³-hybridized carbons (Fsp3) is 0.200. The van der Waals surface area contributed by atoms with Crippen molar-refractivity contribution in [2.45, 2.75) is 52.4 Å². The molecule has 7 aromatic rings. The lowest BCUT2D eigenvalue weighted by Crippen LogP contribution is -2.10. The third kappa shape index (κ3) is 5.12. The van der Waals surface area contributed by atoms with Crippen molar-refractivity contribution in [2.75, 3.05) is 0 Å². The van der Waals surface area contributed by atoms with Crippen LogP contribution in [0.25, 0.3) is 65.9 Å². The van der Waals surface area contributed by atoms with Crippen LogP contribution in [0, 0.1) is 0 Å². The van der Waals surface area contributed by atoms with Crippen LogP contribution in [-0.4, -0.2) is 9.97 Å². The second kappa shape index (κ2) is 10.5. The molecular weight excluding hydrogens is 668 g/mol. The number of hydrogen-bond acceptors (Lipinski definition) is 2. The number of hydrogen-bond donors (Lipinski definition) is 0. The summed E-state index contributed by atoms with van der Waals surface area (Å²) in [5.41, 5.74) is 10.9. The molecule has 2 nitrogen and oxygen atoms in total. The summed E-state index contributed by atoms with van der Waals surface area (Å²) in [6.07, 6.45) is 0. The van der Waals surface area contributed by atoms with E-state index in [0.717, 1.165) is 74.8 Å². The van der Waals surface area contributed by atoms with Gasteiger partial charge in [0.2, 0.25) is 0 Å². The summed E-state index contributed by atoms with van der Waals surface area (Å²) >= 11 is 7.40. The number of fused-ring (bicyclic) bond motifs is 6. The van der Waals surface area contributed by atoms with Gasteiger partial charge in [0.15, 0.2) is 0 Å². The van der Waals surface area contributed by atoms with Crippen LogP contribution < -0.4 is 0 Å². The van der Waals surface area contributed by atoms with Gasteiger partial charge in [0, 0.05) is 30.8 Å². The zero-order valence-corrected chi connectivity index (χ0v) is 29.1. The van der Waals surface area contributed by atoms with Gasteiger partial charge in [-0.2, -0.15) is 0 Å². The fourth-order valence-electron chi connectivity index (χ4n) is 6.11. The first-order chi connectivity index (χ1) is 20.9. The topological polar surface area (TPSA) is 25.8 Å². The Morgan fingerprint density at radius 1 is 0.432 bits per heavy atom. The van der Waals surface area contributed by atoms with Gasteiger partial charge in [-0.1, -0.05) is 134 Å². The Bertz CT molecular complexity index is 2080. The lowest BCUT2D eigenvalue weighted by atomic mass is 9.86. The number of nitrogens with zero attached hydrogens (tertiary/aromatic N) is 2. The second-order valence-electron chi connectivity index (χ2n) is 13.9. The summed E-state index contributed by atoms with van der Waals surface area (Å²) in [5, 5.41) is 4.46. The van der Waals surface area contributed by atoms with E-state index in [0.29, 0.717) is 0 Å². The van der Waals surface area contributed by atoms with Crippen LogP contribution in [0.1, 0.15) is 52.7 Å². The summed E-state index contributed by atoms with van der Waals surface area (Å²) in [4.78, 5) is 11.0. The summed E-state index contributed by atoms with van der Waals surface area (Å²) < 4.78 is 2.09. The molecule has 4 heteroatoms. The van der Waals surface area contributed by atoms with Crippen molar-refractivity contribution in [1.29, 1.82) is 0 Å². The Balaban J connectivity index is 1.59. The first-order valence-electron chi connectivity index (χ1n) is 15.0. The predicted molar refractivity (Wildman–Crippen MR) is 196 cm³/mol. The largest absolute Gasteiger partial charge is 0.243 e. The van der Waals surface area contributed by atoms with Gasteiger partial charge in [-0.3, -0.25) is 0 Å². The van der Waals surface area contributed by atoms with Crippen molar-refractivity contribution in [3.63, 3.8) is 0 Å². The molecule has 0 aliphatic heterocycles. The van der Waals surface area contributed by atoms with Crippen LogP contribution in [0.3, 0.4) is 0 Å². The minimum atomic E-state index is 0.0817. The van der Waals surface area contributed by atoms with E-state index in [-0.39, 0.29) is 10.8 Å². The van der Waals surface area contributed by atoms with E-state index in [1.807, 2.05) is 0 Å². The van der Waals surface area contributed by atoms with Gasteiger partial charge in [-0.05, 0) is 80.3 Å². The Kier molecular flexibility index (Phi) is 6.95. The zero-order valence-electron chi connectivity index (χ0n) is 25.9. The van der Waals surface area contributed by atoms with E-state index in [4.69, 9.17) is 9.97 Å². The van der Waals surface area contributed by atoms with Gasteiger partial charge in [0.05, 0.1) is 22.1 Å². The maximum Gasteiger partial charge on any atom is 0.0979 e. The summed E-state index contributed by atoms with van der Waals surface area (Å²) in [6.45, 7) is 13.5. The van der Waals surface area contributed by atoms with Gasteiger partial charge >= 0.3 is 0 Å². The Hall–Kier alpha value is -3.60. The smallest absolute Gasteiger partial charge is 0.0979 e. The van der Waals surface area contributed by atoms with Gasteiger partial charge in [-0.15, -0.1) is 0 Å². The monoisotopic (exact) mass is 700 g/mol. The Labute approximate surface area is 275 Å². The Morgan fingerprint density at radius 3 is 1.16 bits per heavy atom. The minimum Gasteiger partial charge on any atom is -0.243 e. The normalized spacial score (nSPS) is 12.5. The number of rotatable bonds is 2. The molecule has 0 saturated carbocycles. The molecule has 0 bridgehead atoms. The number of aromatic nitrogens is 2. The second-order valence-corrected chi connectivity index (χ2v) is 15.7. The summed E-state index contributed by atoms with van der Waals surface area (Å²) in [7, 11) is 0. The third-order valence-corrected chi connectivity index (χ3v) is 9.65. The standard InChI is InChI=1S/C40H34Br2N2/c1-39(2,3)27-11-7-23(8-12-27)33-21-25-19-29(41)15-17-31(25)35-37(33)44-38-34(24-9-13-28(14-10-24)40(4,5)6)22-26-20-30(42)16-18-32(26)36(38)43-35/h7-22H,1-6H3. The predicted octanol–water partition coefficient (Wildman–Crippen LogP) is 12.5. The molecule has 0 amide bonds. The SMILES string of the molecule is CC(C)(C)c1ccc(-c2cc3cc(Br)ccc3c3nc4c(nc23)c(-c2ccc(C(C)(C)C)cc2)cc2cc(Br)ccc24)cc1. The van der Waals surface area contributed by atoms with Crippen molar-refractivity contribution in [1.82, 2.24) is 9.97 Å². The van der Waals surface area contributed by atoms with E-state index < -0.39 is 0 Å². The quantitative estimate of drug-likeness (QED) is 0.132. The molecule has 0 N–H and O–H groups in total. The van der Waals surface area contributed by atoms with Gasteiger partial charge in [0.1, 0.15) is 0 Å². The third-order valence-electron chi connectivity index (χ3n) is 8.67. The zero-order chi connectivity index (χ0) is 31.0. The van der Waals surface area contributed by atoms with Crippen LogP contribution >= 0.6 is 31.9 Å². The van der Waals surface area contributed by atoms with Crippen molar-refractivity contribution < 1.29 is 0 Å². The molecule has 0 atom stereocenters. The van der Waals surface area contributed by atoms with Crippen LogP contribution in [0.15, 0.2) is 106 Å². The highest BCUT2D eigenvalue weighted by atomic mass is 79.9. The highest BCUT2D eigenvalue weighted by Gasteiger charge is 2.20. The van der Waals surface area contributed by atoms with Crippen LogP contribution in [0.5, 0.6) is 0 Å². The maximum atomic E-state index is 5.53. The summed E-state index contributed by atoms with van der Waals surface area (Å²) in [6, 6.07) is 35.3. The highest BCUT2D eigenvalue weighted by Crippen LogP contribution is 2.40. The van der Waals surface area contributed by atoms with E-state index in [1.54, 1.807) is 0 Å². The van der Waals surface area contributed by atoms with Crippen LogP contribution in [0.2, 0.25) is 0 Å². The lowest BCUT2D eigenvalue weighted by molar-refractivity contribution is 0.590. The molecular formula is C40H34Br2N2. The van der Waals surface area contributed by atoms with Gasteiger partial charge in [0.25, 0.3) is 0 Å². The Morgan fingerprint density at radius 2 is 0.795 bits per heavy atom. The summed E-state index contributed by atoms with van der Waals surface area (Å²) in [5.74, 6) is 0. The number of halogens is 2. The maximum absolute atomic E-state index is 5.53. The fourth-order valence-corrected chi connectivity index (χ4v) is 6.87. The van der Waals surface area contributed by atoms with Crippen molar-refractivity contribution >= 4 is 75.5 Å². The molecule has 0 spiro atoms. The molecule has 0 unspecified atom stereocenters. The molecule has 0 aliphatic rings. The van der Waals surface area contributed by atoms with Crippen LogP contribution in [-0.2, 0) is 10.8 Å². The number of benzene rings is 6. The first kappa shape index (κ1) is 29.1. The molecule has 0 radical (unpaired) electrons. The van der Waals surface area contributed by atoms with E-state index in [2.05, 4.69) is 170 Å². The molecule has 218 valence electrons. The van der Waals surface area contributed by atoms with Crippen molar-refractivity contribution in [3.8, 4) is 22.3 Å². The average Bonchev–Trinajstić information content (AvgIpc) is 2.98. The first-order valence-corrected chi connectivity index (χ1v) is 16.6. The molecule has 1 aromatic heterocycles. The lowest BCUT2D eigenvalue weighted by Gasteiger charge is -2.20. The van der Waals surface area contributed by atoms with Crippen LogP contribution in [0.4, 0.5) is 0 Å². The van der Waals surface area contributed by atoms with Crippen molar-refractivity contribution in [3.05, 3.63) is 117 Å². The van der Waals surface area contributed by atoms with E-state index in [9.17, 15) is 0 Å². The molecule has 0 saturated heterocycles. The van der Waals surface area contributed by atoms with E-state index in [1.165, 1.54) is 11.1 Å².